The molecule has 1 saturated heterocycles. The summed E-state index contributed by atoms with van der Waals surface area (Å²) in [6.45, 7) is 3.52. The number of nitrogens with zero attached hydrogens (tertiary/aromatic N) is 1. The Kier molecular flexibility index (Phi) is 3.39. The van der Waals surface area contributed by atoms with E-state index in [-0.39, 0.29) is 0 Å². The van der Waals surface area contributed by atoms with Crippen LogP contribution >= 0.6 is 0 Å². The maximum atomic E-state index is 11.3. The summed E-state index contributed by atoms with van der Waals surface area (Å²) in [5.74, 6) is 1.40. The average Bonchev–Trinajstić information content (AvgIpc) is 2.30. The molecule has 1 fully saturated rings. The highest BCUT2D eigenvalue weighted by Crippen LogP contribution is 2.21. The van der Waals surface area contributed by atoms with Crippen LogP contribution in [0.25, 0.3) is 0 Å². The van der Waals surface area contributed by atoms with E-state index in [2.05, 4.69) is 4.90 Å². The highest BCUT2D eigenvalue weighted by atomic mass is 32.2. The molecule has 1 aromatic carbocycles. The number of benzene rings is 1. The van der Waals surface area contributed by atoms with Crippen molar-refractivity contribution in [3.05, 3.63) is 29.3 Å². The van der Waals surface area contributed by atoms with Crippen LogP contribution in [0.4, 0.5) is 5.69 Å². The van der Waals surface area contributed by atoms with Gasteiger partial charge < -0.3 is 4.90 Å². The molecule has 0 spiro atoms. The Balaban J connectivity index is 2.26. The molecule has 1 aliphatic rings. The third-order valence-corrected chi connectivity index (χ3v) is 4.10. The van der Waals surface area contributed by atoms with E-state index in [0.717, 1.165) is 36.2 Å². The molecule has 1 aromatic rings. The van der Waals surface area contributed by atoms with Crippen molar-refractivity contribution in [1.82, 2.24) is 0 Å². The maximum absolute atomic E-state index is 11.3. The summed E-state index contributed by atoms with van der Waals surface area (Å²) in [5.41, 5.74) is 2.79. The Morgan fingerprint density at radius 2 is 2.00 bits per heavy atom. The zero-order valence-electron chi connectivity index (χ0n) is 9.31. The summed E-state index contributed by atoms with van der Waals surface area (Å²) < 4.78 is 11.3. The minimum atomic E-state index is -0.678. The molecule has 0 N–H and O–H groups in total. The third-order valence-electron chi connectivity index (χ3n) is 2.83. The fourth-order valence-electron chi connectivity index (χ4n) is 1.94. The largest absolute Gasteiger partial charge is 0.369 e. The van der Waals surface area contributed by atoms with Gasteiger partial charge in [0.25, 0.3) is 0 Å². The predicted octanol–water partition coefficient (Wildman–Crippen LogP) is 1.38. The average molecular weight is 237 g/mol. The van der Waals surface area contributed by atoms with Crippen molar-refractivity contribution in [3.63, 3.8) is 0 Å². The molecular formula is C12H15NO2S. The van der Waals surface area contributed by atoms with E-state index in [1.54, 1.807) is 0 Å². The molecule has 1 heterocycles. The normalized spacial score (nSPS) is 17.4. The van der Waals surface area contributed by atoms with Crippen LogP contribution < -0.4 is 4.90 Å². The first kappa shape index (κ1) is 11.3. The van der Waals surface area contributed by atoms with Gasteiger partial charge in [0.15, 0.2) is 6.29 Å². The van der Waals surface area contributed by atoms with Crippen molar-refractivity contribution < 1.29 is 9.00 Å². The first-order valence-corrected chi connectivity index (χ1v) is 6.85. The molecule has 1 aliphatic heterocycles. The van der Waals surface area contributed by atoms with Gasteiger partial charge >= 0.3 is 0 Å². The molecule has 0 atom stereocenters. The summed E-state index contributed by atoms with van der Waals surface area (Å²) in [4.78, 5) is 13.1. The van der Waals surface area contributed by atoms with Crippen molar-refractivity contribution in [2.45, 2.75) is 6.92 Å². The van der Waals surface area contributed by atoms with Crippen molar-refractivity contribution >= 4 is 22.8 Å². The topological polar surface area (TPSA) is 37.4 Å². The highest BCUT2D eigenvalue weighted by Gasteiger charge is 2.17. The van der Waals surface area contributed by atoms with Crippen LogP contribution in [0.2, 0.25) is 0 Å². The molecule has 0 radical (unpaired) electrons. The van der Waals surface area contributed by atoms with Crippen LogP contribution in [0.5, 0.6) is 0 Å². The Hall–Kier alpha value is -1.16. The molecule has 2 rings (SSSR count). The molecule has 0 saturated carbocycles. The molecule has 4 heteroatoms. The number of anilines is 1. The number of hydrogen-bond acceptors (Lipinski definition) is 3. The lowest BCUT2D eigenvalue weighted by molar-refractivity contribution is 0.112. The minimum absolute atomic E-state index is 0.678. The van der Waals surface area contributed by atoms with Crippen LogP contribution in [0.1, 0.15) is 15.9 Å². The second-order valence-electron chi connectivity index (χ2n) is 4.02. The molecule has 0 bridgehead atoms. The number of aldehydes is 1. The summed E-state index contributed by atoms with van der Waals surface area (Å²) >= 11 is 0. The number of hydrogen-bond donors (Lipinski definition) is 0. The summed E-state index contributed by atoms with van der Waals surface area (Å²) in [6.07, 6.45) is 0.897. The van der Waals surface area contributed by atoms with Crippen molar-refractivity contribution in [3.8, 4) is 0 Å². The Morgan fingerprint density at radius 1 is 1.31 bits per heavy atom. The zero-order chi connectivity index (χ0) is 11.5. The number of carbonyl (C=O) groups excluding carboxylic acids is 1. The van der Waals surface area contributed by atoms with Crippen LogP contribution in [0, 0.1) is 6.92 Å². The lowest BCUT2D eigenvalue weighted by Crippen LogP contribution is -2.38. The molecule has 0 aliphatic carbocycles. The summed E-state index contributed by atoms with van der Waals surface area (Å²) in [6, 6.07) is 5.88. The molecule has 16 heavy (non-hydrogen) atoms. The summed E-state index contributed by atoms with van der Waals surface area (Å²) in [5, 5.41) is 0. The van der Waals surface area contributed by atoms with Crippen molar-refractivity contribution in [2.75, 3.05) is 29.5 Å². The van der Waals surface area contributed by atoms with Gasteiger partial charge in [-0.25, -0.2) is 0 Å². The number of aryl methyl sites for hydroxylation is 1. The molecular weight excluding hydrogens is 222 g/mol. The zero-order valence-corrected chi connectivity index (χ0v) is 10.1. The first-order chi connectivity index (χ1) is 7.70. The molecule has 86 valence electrons. The number of rotatable bonds is 2. The van der Waals surface area contributed by atoms with Crippen molar-refractivity contribution in [2.24, 2.45) is 0 Å². The van der Waals surface area contributed by atoms with Crippen molar-refractivity contribution in [1.29, 1.82) is 0 Å². The fourth-order valence-corrected chi connectivity index (χ4v) is 2.99. The van der Waals surface area contributed by atoms with Gasteiger partial charge in [-0.15, -0.1) is 0 Å². The predicted molar refractivity (Wildman–Crippen MR) is 66.7 cm³/mol. The van der Waals surface area contributed by atoms with Gasteiger partial charge in [0, 0.05) is 46.6 Å². The van der Waals surface area contributed by atoms with Gasteiger partial charge in [-0.1, -0.05) is 11.6 Å². The smallest absolute Gasteiger partial charge is 0.152 e. The monoisotopic (exact) mass is 237 g/mol. The third kappa shape index (κ3) is 2.32. The van der Waals surface area contributed by atoms with Gasteiger partial charge in [-0.2, -0.15) is 0 Å². The van der Waals surface area contributed by atoms with Crippen LogP contribution in [0.15, 0.2) is 18.2 Å². The van der Waals surface area contributed by atoms with E-state index in [1.165, 1.54) is 0 Å². The van der Waals surface area contributed by atoms with Crippen LogP contribution in [-0.2, 0) is 10.8 Å². The van der Waals surface area contributed by atoms with Gasteiger partial charge in [0.1, 0.15) is 0 Å². The Labute approximate surface area is 97.9 Å². The number of carbonyl (C=O) groups is 1. The fraction of sp³-hybridized carbons (Fsp3) is 0.417. The van der Waals surface area contributed by atoms with E-state index in [4.69, 9.17) is 0 Å². The summed E-state index contributed by atoms with van der Waals surface area (Å²) in [7, 11) is -0.678. The van der Waals surface area contributed by atoms with E-state index in [0.29, 0.717) is 11.5 Å². The second kappa shape index (κ2) is 4.78. The quantitative estimate of drug-likeness (QED) is 0.729. The molecule has 3 nitrogen and oxygen atoms in total. The SMILES string of the molecule is Cc1ccc(N2CCS(=O)CC2)c(C=O)c1. The highest BCUT2D eigenvalue weighted by molar-refractivity contribution is 7.85. The van der Waals surface area contributed by atoms with E-state index >= 15 is 0 Å². The van der Waals surface area contributed by atoms with Gasteiger partial charge in [0.05, 0.1) is 0 Å². The lowest BCUT2D eigenvalue weighted by atomic mass is 10.1. The van der Waals surface area contributed by atoms with Gasteiger partial charge in [-0.3, -0.25) is 9.00 Å². The van der Waals surface area contributed by atoms with E-state index in [9.17, 15) is 9.00 Å². The maximum Gasteiger partial charge on any atom is 0.152 e. The molecule has 0 aromatic heterocycles. The van der Waals surface area contributed by atoms with E-state index in [1.807, 2.05) is 25.1 Å². The first-order valence-electron chi connectivity index (χ1n) is 5.36. The lowest BCUT2D eigenvalue weighted by Gasteiger charge is -2.29. The second-order valence-corrected chi connectivity index (χ2v) is 5.71. The minimum Gasteiger partial charge on any atom is -0.369 e. The van der Waals surface area contributed by atoms with Crippen LogP contribution in [-0.4, -0.2) is 35.1 Å². The van der Waals surface area contributed by atoms with E-state index < -0.39 is 10.8 Å². The Morgan fingerprint density at radius 3 is 2.62 bits per heavy atom. The standard InChI is InChI=1S/C12H15NO2S/c1-10-2-3-12(11(8-10)9-14)13-4-6-16(15)7-5-13/h2-3,8-9H,4-7H2,1H3. The van der Waals surface area contributed by atoms with Gasteiger partial charge in [0.2, 0.25) is 0 Å². The van der Waals surface area contributed by atoms with Gasteiger partial charge in [-0.05, 0) is 19.1 Å². The van der Waals surface area contributed by atoms with Crippen LogP contribution in [0.3, 0.4) is 0 Å². The molecule has 0 unspecified atom stereocenters. The molecule has 0 amide bonds. The Bertz CT molecular complexity index is 421.